The summed E-state index contributed by atoms with van der Waals surface area (Å²) in [6.45, 7) is 8.73. The largest absolute Gasteiger partial charge is 0.397 e. The predicted molar refractivity (Wildman–Crippen MR) is 103 cm³/mol. The molecule has 1 atom stereocenters. The Morgan fingerprint density at radius 2 is 2.25 bits per heavy atom. The fraction of sp³-hybridized carbons (Fsp3) is 0.500. The Labute approximate surface area is 150 Å². The van der Waals surface area contributed by atoms with Crippen LogP contribution in [0.3, 0.4) is 0 Å². The van der Waals surface area contributed by atoms with E-state index < -0.39 is 0 Å². The highest BCUT2D eigenvalue weighted by atomic mass is 35.5. The van der Waals surface area contributed by atoms with E-state index in [0.29, 0.717) is 18.3 Å². The molecule has 0 bridgehead atoms. The lowest BCUT2D eigenvalue weighted by molar-refractivity contribution is 0.170. The average Bonchev–Trinajstić information content (AvgIpc) is 2.52. The van der Waals surface area contributed by atoms with Crippen LogP contribution in [0.1, 0.15) is 13.3 Å². The molecule has 1 aliphatic carbocycles. The van der Waals surface area contributed by atoms with Gasteiger partial charge in [-0.25, -0.2) is 0 Å². The van der Waals surface area contributed by atoms with E-state index in [1.807, 2.05) is 26.1 Å². The van der Waals surface area contributed by atoms with E-state index in [9.17, 15) is 0 Å². The normalized spacial score (nSPS) is 23.2. The maximum absolute atomic E-state index is 6.33. The van der Waals surface area contributed by atoms with Crippen molar-refractivity contribution in [2.75, 3.05) is 33.7 Å². The summed E-state index contributed by atoms with van der Waals surface area (Å²) >= 11 is 6.22. The van der Waals surface area contributed by atoms with Crippen LogP contribution in [-0.2, 0) is 0 Å². The number of nitrogens with zero attached hydrogens (tertiary/aromatic N) is 2. The summed E-state index contributed by atoms with van der Waals surface area (Å²) in [5.41, 5.74) is 11.0. The zero-order valence-electron chi connectivity index (χ0n) is 14.8. The second kappa shape index (κ2) is 8.40. The zero-order chi connectivity index (χ0) is 17.7. The molecule has 1 unspecified atom stereocenters. The molecule has 1 saturated heterocycles. The molecule has 0 amide bonds. The minimum atomic E-state index is -0.0121. The molecule has 0 saturated carbocycles. The Bertz CT molecular complexity index is 597. The van der Waals surface area contributed by atoms with Crippen LogP contribution in [0, 0.1) is 0 Å². The standard InChI is InChI=1S/C18H28ClN5/c1-12-5-6-14(19)7-16(12)18(20)17(21-3)9-22-8-13(2)23-15-10-24(4)11-15/h5-6,9,14-15,21,23H,2,7-8,10-11,20H2,1,3-4H3. The van der Waals surface area contributed by atoms with Gasteiger partial charge < -0.3 is 21.3 Å². The van der Waals surface area contributed by atoms with E-state index >= 15 is 0 Å². The first-order valence-electron chi connectivity index (χ1n) is 8.23. The molecule has 132 valence electrons. The molecule has 0 radical (unpaired) electrons. The van der Waals surface area contributed by atoms with E-state index in [1.54, 1.807) is 6.21 Å². The lowest BCUT2D eigenvalue weighted by Crippen LogP contribution is -2.55. The van der Waals surface area contributed by atoms with Crippen molar-refractivity contribution in [3.05, 3.63) is 47.0 Å². The second-order valence-corrected chi connectivity index (χ2v) is 7.01. The maximum atomic E-state index is 6.33. The maximum Gasteiger partial charge on any atom is 0.0781 e. The number of allylic oxidation sites excluding steroid dienone is 5. The van der Waals surface area contributed by atoms with Gasteiger partial charge in [0.15, 0.2) is 0 Å². The van der Waals surface area contributed by atoms with Crippen molar-refractivity contribution in [1.29, 1.82) is 0 Å². The van der Waals surface area contributed by atoms with Crippen molar-refractivity contribution in [2.45, 2.75) is 24.8 Å². The Balaban J connectivity index is 1.97. The first-order valence-corrected chi connectivity index (χ1v) is 8.67. The third kappa shape index (κ3) is 4.89. The molecule has 1 fully saturated rings. The number of aliphatic imine (C=N–C) groups is 1. The highest BCUT2D eigenvalue weighted by Crippen LogP contribution is 2.26. The molecule has 1 heterocycles. The minimum Gasteiger partial charge on any atom is -0.397 e. The molecular weight excluding hydrogens is 322 g/mol. The van der Waals surface area contributed by atoms with Gasteiger partial charge in [0.2, 0.25) is 0 Å². The molecule has 0 aromatic rings. The lowest BCUT2D eigenvalue weighted by Gasteiger charge is -2.37. The molecule has 2 rings (SSSR count). The summed E-state index contributed by atoms with van der Waals surface area (Å²) in [4.78, 5) is 6.72. The van der Waals surface area contributed by atoms with Gasteiger partial charge in [0.1, 0.15) is 0 Å². The first-order chi connectivity index (χ1) is 11.4. The highest BCUT2D eigenvalue weighted by molar-refractivity contribution is 6.22. The summed E-state index contributed by atoms with van der Waals surface area (Å²) in [6.07, 6.45) is 6.53. The van der Waals surface area contributed by atoms with Gasteiger partial charge in [-0.1, -0.05) is 18.7 Å². The zero-order valence-corrected chi connectivity index (χ0v) is 15.5. The number of alkyl halides is 1. The Hall–Kier alpha value is -1.72. The Morgan fingerprint density at radius 3 is 2.88 bits per heavy atom. The summed E-state index contributed by atoms with van der Waals surface area (Å²) in [7, 11) is 3.95. The van der Waals surface area contributed by atoms with Crippen molar-refractivity contribution < 1.29 is 0 Å². The second-order valence-electron chi connectivity index (χ2n) is 6.45. The van der Waals surface area contributed by atoms with Gasteiger partial charge in [0.25, 0.3) is 0 Å². The van der Waals surface area contributed by atoms with E-state index in [2.05, 4.69) is 34.2 Å². The van der Waals surface area contributed by atoms with Crippen LogP contribution >= 0.6 is 11.6 Å². The third-order valence-electron chi connectivity index (χ3n) is 4.29. The number of halogens is 1. The van der Waals surface area contributed by atoms with Crippen LogP contribution in [0.4, 0.5) is 0 Å². The smallest absolute Gasteiger partial charge is 0.0781 e. The molecule has 0 spiro atoms. The number of hydrogen-bond donors (Lipinski definition) is 3. The quantitative estimate of drug-likeness (QED) is 0.484. The molecular formula is C18H28ClN5. The fourth-order valence-electron chi connectivity index (χ4n) is 2.90. The van der Waals surface area contributed by atoms with Crippen molar-refractivity contribution in [2.24, 2.45) is 10.7 Å². The van der Waals surface area contributed by atoms with Crippen molar-refractivity contribution in [1.82, 2.24) is 15.5 Å². The fourth-order valence-corrected chi connectivity index (χ4v) is 3.13. The third-order valence-corrected chi connectivity index (χ3v) is 4.59. The van der Waals surface area contributed by atoms with Crippen LogP contribution in [0.2, 0.25) is 0 Å². The number of nitrogens with two attached hydrogens (primary N) is 1. The Morgan fingerprint density at radius 1 is 1.54 bits per heavy atom. The van der Waals surface area contributed by atoms with Crippen LogP contribution in [-0.4, -0.2) is 56.3 Å². The molecule has 4 N–H and O–H groups in total. The van der Waals surface area contributed by atoms with Gasteiger partial charge in [-0.3, -0.25) is 4.99 Å². The molecule has 1 aliphatic heterocycles. The van der Waals surface area contributed by atoms with Gasteiger partial charge >= 0.3 is 0 Å². The summed E-state index contributed by atoms with van der Waals surface area (Å²) in [5.74, 6) is 0. The molecule has 24 heavy (non-hydrogen) atoms. The molecule has 0 aromatic heterocycles. The topological polar surface area (TPSA) is 65.7 Å². The van der Waals surface area contributed by atoms with Crippen molar-refractivity contribution in [3.8, 4) is 0 Å². The number of nitrogens with one attached hydrogen (secondary N) is 2. The summed E-state index contributed by atoms with van der Waals surface area (Å²) < 4.78 is 0. The molecule has 2 aliphatic rings. The van der Waals surface area contributed by atoms with Gasteiger partial charge in [-0.2, -0.15) is 0 Å². The van der Waals surface area contributed by atoms with Gasteiger partial charge in [0, 0.05) is 32.0 Å². The Kier molecular flexibility index (Phi) is 6.52. The van der Waals surface area contributed by atoms with E-state index in [1.165, 1.54) is 0 Å². The first kappa shape index (κ1) is 18.6. The minimum absolute atomic E-state index is 0.0121. The predicted octanol–water partition coefficient (Wildman–Crippen LogP) is 1.75. The average molecular weight is 350 g/mol. The van der Waals surface area contributed by atoms with Crippen LogP contribution in [0.25, 0.3) is 0 Å². The number of hydrogen-bond acceptors (Lipinski definition) is 5. The summed E-state index contributed by atoms with van der Waals surface area (Å²) in [6, 6.07) is 0.490. The molecule has 0 aromatic carbocycles. The van der Waals surface area contributed by atoms with Crippen LogP contribution in [0.15, 0.2) is 52.0 Å². The van der Waals surface area contributed by atoms with Gasteiger partial charge in [0.05, 0.1) is 29.4 Å². The SMILES string of the molecule is C=C(CN=CC(NC)=C(N)C1=C(C)C=CC(Cl)C1)NC1CN(C)C1. The molecule has 5 nitrogen and oxygen atoms in total. The van der Waals surface area contributed by atoms with Gasteiger partial charge in [-0.05, 0) is 31.5 Å². The highest BCUT2D eigenvalue weighted by Gasteiger charge is 2.22. The van der Waals surface area contributed by atoms with Crippen LogP contribution < -0.4 is 16.4 Å². The number of likely N-dealkylation sites (tertiary alicyclic amines) is 1. The monoisotopic (exact) mass is 349 g/mol. The van der Waals surface area contributed by atoms with E-state index in [4.69, 9.17) is 17.3 Å². The lowest BCUT2D eigenvalue weighted by atomic mass is 9.95. The van der Waals surface area contributed by atoms with Crippen LogP contribution in [0.5, 0.6) is 0 Å². The number of likely N-dealkylation sites (N-methyl/N-ethyl adjacent to an activating group) is 1. The molecule has 6 heteroatoms. The van der Waals surface area contributed by atoms with Crippen molar-refractivity contribution in [3.63, 3.8) is 0 Å². The number of rotatable bonds is 7. The summed E-state index contributed by atoms with van der Waals surface area (Å²) in [5, 5.41) is 6.50. The van der Waals surface area contributed by atoms with Gasteiger partial charge in [-0.15, -0.1) is 11.6 Å². The van der Waals surface area contributed by atoms with Crippen molar-refractivity contribution >= 4 is 17.8 Å². The van der Waals surface area contributed by atoms with E-state index in [-0.39, 0.29) is 5.38 Å². The van der Waals surface area contributed by atoms with E-state index in [0.717, 1.165) is 42.1 Å².